The Balaban J connectivity index is 1.32. The molecule has 1 atom stereocenters. The Morgan fingerprint density at radius 2 is 2.07 bits per heavy atom. The van der Waals surface area contributed by atoms with Gasteiger partial charge in [0, 0.05) is 42.6 Å². The largest absolute Gasteiger partial charge is 0.456 e. The zero-order valence-electron chi connectivity index (χ0n) is 23.9. The fraction of sp³-hybridized carbons (Fsp3) is 0.312. The molecule has 2 aromatic carbocycles. The molecule has 3 heterocycles. The third-order valence-electron chi connectivity index (χ3n) is 7.22. The van der Waals surface area contributed by atoms with Crippen molar-refractivity contribution in [1.82, 2.24) is 20.1 Å². The van der Waals surface area contributed by atoms with Crippen molar-refractivity contribution >= 4 is 34.4 Å². The van der Waals surface area contributed by atoms with Crippen molar-refractivity contribution in [2.45, 2.75) is 45.6 Å². The summed E-state index contributed by atoms with van der Waals surface area (Å²) in [6.45, 7) is 7.06. The summed E-state index contributed by atoms with van der Waals surface area (Å²) >= 11 is 0. The van der Waals surface area contributed by atoms with E-state index in [9.17, 15) is 9.59 Å². The number of amides is 2. The quantitative estimate of drug-likeness (QED) is 0.236. The van der Waals surface area contributed by atoms with Crippen LogP contribution < -0.4 is 15.4 Å². The monoisotopic (exact) mass is 566 g/mol. The van der Waals surface area contributed by atoms with Gasteiger partial charge in [0.05, 0.1) is 0 Å². The van der Waals surface area contributed by atoms with Crippen LogP contribution in [0.5, 0.6) is 11.5 Å². The lowest BCUT2D eigenvalue weighted by Crippen LogP contribution is -2.44. The van der Waals surface area contributed by atoms with Gasteiger partial charge in [-0.2, -0.15) is 5.10 Å². The first kappa shape index (κ1) is 28.6. The number of aromatic amines is 1. The van der Waals surface area contributed by atoms with Gasteiger partial charge in [0.15, 0.2) is 11.5 Å². The third-order valence-corrected chi connectivity index (χ3v) is 7.22. The van der Waals surface area contributed by atoms with Gasteiger partial charge < -0.3 is 25.4 Å². The van der Waals surface area contributed by atoms with Crippen LogP contribution in [0.3, 0.4) is 0 Å². The van der Waals surface area contributed by atoms with Crippen molar-refractivity contribution in [3.8, 4) is 23.3 Å². The Morgan fingerprint density at radius 3 is 2.86 bits per heavy atom. The average molecular weight is 567 g/mol. The number of aryl methyl sites for hydroxylation is 1. The molecule has 2 aromatic heterocycles. The SMILES string of the molecule is Cc1cc(NC(=O)c2cccc(Oc3ccnc4[nH]nc(NC5CCCN(C(=O)C#CCO)C5)c34)c2)ccc1C(C)C. The molecule has 0 spiro atoms. The van der Waals surface area contributed by atoms with E-state index >= 15 is 0 Å². The molecule has 1 aliphatic heterocycles. The highest BCUT2D eigenvalue weighted by Crippen LogP contribution is 2.34. The van der Waals surface area contributed by atoms with E-state index in [0.29, 0.717) is 52.9 Å². The number of ether oxygens (including phenoxy) is 1. The second kappa shape index (κ2) is 12.7. The predicted molar refractivity (Wildman–Crippen MR) is 162 cm³/mol. The Kier molecular flexibility index (Phi) is 8.69. The predicted octanol–water partition coefficient (Wildman–Crippen LogP) is 4.83. The molecule has 1 aliphatic rings. The van der Waals surface area contributed by atoms with Crippen LogP contribution in [0.4, 0.5) is 11.5 Å². The number of hydrogen-bond donors (Lipinski definition) is 4. The molecule has 10 heteroatoms. The minimum absolute atomic E-state index is 0.0524. The number of aromatic nitrogens is 3. The molecule has 1 saturated heterocycles. The lowest BCUT2D eigenvalue weighted by molar-refractivity contribution is -0.126. The lowest BCUT2D eigenvalue weighted by atomic mass is 9.97. The topological polar surface area (TPSA) is 132 Å². The van der Waals surface area contributed by atoms with Crippen molar-refractivity contribution in [3.05, 3.63) is 71.4 Å². The van der Waals surface area contributed by atoms with Gasteiger partial charge >= 0.3 is 0 Å². The van der Waals surface area contributed by atoms with E-state index in [1.807, 2.05) is 19.1 Å². The molecule has 1 fully saturated rings. The lowest BCUT2D eigenvalue weighted by Gasteiger charge is -2.32. The van der Waals surface area contributed by atoms with Crippen LogP contribution in [0.25, 0.3) is 11.0 Å². The number of anilines is 2. The standard InChI is InChI=1S/C32H34N6O4/c1-20(2)26-12-11-23(17-21(26)3)35-32(41)22-7-4-9-25(18-22)42-27-13-14-33-30-29(27)31(37-36-30)34-24-8-5-15-38(19-24)28(40)10-6-16-39/h4,7,9,11-14,17-18,20,24,39H,5,8,15-16,19H2,1-3H3,(H,35,41)(H2,33,34,36,37). The average Bonchev–Trinajstić information content (AvgIpc) is 3.39. The molecule has 216 valence electrons. The van der Waals surface area contributed by atoms with E-state index in [1.165, 1.54) is 5.56 Å². The zero-order valence-corrected chi connectivity index (χ0v) is 23.9. The minimum Gasteiger partial charge on any atom is -0.456 e. The van der Waals surface area contributed by atoms with Crippen molar-refractivity contribution < 1.29 is 19.4 Å². The number of H-pyrrole nitrogens is 1. The highest BCUT2D eigenvalue weighted by molar-refractivity contribution is 6.04. The van der Waals surface area contributed by atoms with Crippen LogP contribution in [0, 0.1) is 18.8 Å². The highest BCUT2D eigenvalue weighted by Gasteiger charge is 2.25. The summed E-state index contributed by atoms with van der Waals surface area (Å²) in [5.41, 5.74) is 4.13. The molecular formula is C32H34N6O4. The van der Waals surface area contributed by atoms with Crippen LogP contribution in [0.1, 0.15) is 54.1 Å². The zero-order chi connectivity index (χ0) is 29.6. The third kappa shape index (κ3) is 6.53. The van der Waals surface area contributed by atoms with Crippen LogP contribution in [-0.2, 0) is 4.79 Å². The normalized spacial score (nSPS) is 14.8. The number of rotatable bonds is 7. The van der Waals surface area contributed by atoms with E-state index in [1.54, 1.807) is 41.4 Å². The fourth-order valence-electron chi connectivity index (χ4n) is 5.21. The first-order valence-electron chi connectivity index (χ1n) is 14.0. The highest BCUT2D eigenvalue weighted by atomic mass is 16.5. The summed E-state index contributed by atoms with van der Waals surface area (Å²) in [5, 5.41) is 23.3. The number of fused-ring (bicyclic) bond motifs is 1. The number of nitrogens with zero attached hydrogens (tertiary/aromatic N) is 3. The summed E-state index contributed by atoms with van der Waals surface area (Å²) in [4.78, 5) is 31.5. The number of carbonyl (C=O) groups excluding carboxylic acids is 2. The summed E-state index contributed by atoms with van der Waals surface area (Å²) in [6, 6.07) is 14.7. The van der Waals surface area contributed by atoms with Crippen LogP contribution in [0.2, 0.25) is 0 Å². The van der Waals surface area contributed by atoms with E-state index < -0.39 is 0 Å². The number of pyridine rings is 1. The number of carbonyl (C=O) groups is 2. The van der Waals surface area contributed by atoms with Gasteiger partial charge in [-0.05, 0) is 73.1 Å². The molecule has 42 heavy (non-hydrogen) atoms. The van der Waals surface area contributed by atoms with Gasteiger partial charge in [0.1, 0.15) is 23.5 Å². The maximum atomic E-state index is 13.1. The number of aliphatic hydroxyl groups excluding tert-OH is 1. The second-order valence-corrected chi connectivity index (χ2v) is 10.6. The van der Waals surface area contributed by atoms with Crippen molar-refractivity contribution in [1.29, 1.82) is 0 Å². The van der Waals surface area contributed by atoms with E-state index in [-0.39, 0.29) is 24.5 Å². The summed E-state index contributed by atoms with van der Waals surface area (Å²) in [5.74, 6) is 6.32. The van der Waals surface area contributed by atoms with Crippen LogP contribution in [-0.4, -0.2) is 62.7 Å². The molecule has 10 nitrogen and oxygen atoms in total. The fourth-order valence-corrected chi connectivity index (χ4v) is 5.21. The second-order valence-electron chi connectivity index (χ2n) is 10.6. The first-order valence-corrected chi connectivity index (χ1v) is 14.0. The first-order chi connectivity index (χ1) is 20.3. The van der Waals surface area contributed by atoms with Crippen LogP contribution in [0.15, 0.2) is 54.7 Å². The Morgan fingerprint density at radius 1 is 1.21 bits per heavy atom. The Bertz CT molecular complexity index is 1670. The molecule has 0 bridgehead atoms. The molecule has 1 unspecified atom stereocenters. The molecule has 4 N–H and O–H groups in total. The maximum absolute atomic E-state index is 13.1. The van der Waals surface area contributed by atoms with Crippen LogP contribution >= 0.6 is 0 Å². The minimum atomic E-state index is -0.351. The van der Waals surface area contributed by atoms with Gasteiger partial charge in [0.2, 0.25) is 0 Å². The van der Waals surface area contributed by atoms with Gasteiger partial charge in [-0.3, -0.25) is 14.7 Å². The molecule has 4 aromatic rings. The van der Waals surface area contributed by atoms with Gasteiger partial charge in [0.25, 0.3) is 11.8 Å². The van der Waals surface area contributed by atoms with Gasteiger partial charge in [-0.1, -0.05) is 31.9 Å². The summed E-state index contributed by atoms with van der Waals surface area (Å²) in [7, 11) is 0. The van der Waals surface area contributed by atoms with E-state index in [2.05, 4.69) is 57.6 Å². The van der Waals surface area contributed by atoms with Gasteiger partial charge in [-0.25, -0.2) is 4.98 Å². The summed E-state index contributed by atoms with van der Waals surface area (Å²) in [6.07, 6.45) is 3.28. The molecule has 0 aliphatic carbocycles. The Hall–Kier alpha value is -4.88. The smallest absolute Gasteiger partial charge is 0.298 e. The van der Waals surface area contributed by atoms with E-state index in [4.69, 9.17) is 9.84 Å². The molecule has 0 radical (unpaired) electrons. The number of likely N-dealkylation sites (tertiary alicyclic amines) is 1. The number of hydrogen-bond acceptors (Lipinski definition) is 7. The van der Waals surface area contributed by atoms with Crippen molar-refractivity contribution in [3.63, 3.8) is 0 Å². The van der Waals surface area contributed by atoms with E-state index in [0.717, 1.165) is 24.1 Å². The Labute approximate surface area is 244 Å². The van der Waals surface area contributed by atoms with Gasteiger partial charge in [-0.15, -0.1) is 0 Å². The molecule has 0 saturated carbocycles. The maximum Gasteiger partial charge on any atom is 0.298 e. The molecule has 5 rings (SSSR count). The molecule has 2 amide bonds. The number of nitrogens with one attached hydrogen (secondary N) is 3. The van der Waals surface area contributed by atoms with Crippen molar-refractivity contribution in [2.24, 2.45) is 0 Å². The molecular weight excluding hydrogens is 532 g/mol. The summed E-state index contributed by atoms with van der Waals surface area (Å²) < 4.78 is 6.26. The van der Waals surface area contributed by atoms with Crippen molar-refractivity contribution in [2.75, 3.05) is 30.3 Å². The number of piperidine rings is 1. The number of benzene rings is 2. The number of aliphatic hydroxyl groups is 1.